The van der Waals surface area contributed by atoms with E-state index in [1.54, 1.807) is 18.2 Å². The van der Waals surface area contributed by atoms with Gasteiger partial charge in [0.05, 0.1) is 11.8 Å². The van der Waals surface area contributed by atoms with E-state index in [9.17, 15) is 22.8 Å². The molecule has 1 unspecified atom stereocenters. The van der Waals surface area contributed by atoms with Gasteiger partial charge in [-0.15, -0.1) is 13.2 Å². The molecule has 0 bridgehead atoms. The Kier molecular flexibility index (Phi) is 6.72. The summed E-state index contributed by atoms with van der Waals surface area (Å²) in [5, 5.41) is 9.70. The summed E-state index contributed by atoms with van der Waals surface area (Å²) in [7, 11) is 0. The van der Waals surface area contributed by atoms with Crippen molar-refractivity contribution in [3.05, 3.63) is 95.1 Å². The molecule has 0 spiro atoms. The number of halogens is 3. The molecule has 35 heavy (non-hydrogen) atoms. The molecule has 1 aliphatic carbocycles. The van der Waals surface area contributed by atoms with Gasteiger partial charge in [-0.2, -0.15) is 5.10 Å². The smallest absolute Gasteiger partial charge is 0.406 e. The van der Waals surface area contributed by atoms with E-state index in [4.69, 9.17) is 0 Å². The Morgan fingerprint density at radius 2 is 1.74 bits per heavy atom. The lowest BCUT2D eigenvalue weighted by Crippen LogP contribution is -2.40. The van der Waals surface area contributed by atoms with Gasteiger partial charge in [0.25, 0.3) is 5.91 Å². The number of ether oxygens (including phenoxy) is 1. The molecule has 3 N–H and O–H groups in total. The Balaban J connectivity index is 1.45. The van der Waals surface area contributed by atoms with Crippen molar-refractivity contribution in [2.75, 3.05) is 5.32 Å². The fraction of sp³-hybridized carbons (Fsp3) is 0.160. The minimum Gasteiger partial charge on any atom is -0.406 e. The molecular formula is C25H21F3N4O3. The SMILES string of the molecule is Cc1cccc(C(=O)NC2Cc3ccccc3/C2=N\NC(=O)Nc2ccc(OC(F)(F)F)cc2)c1. The highest BCUT2D eigenvalue weighted by Gasteiger charge is 2.31. The van der Waals surface area contributed by atoms with Gasteiger partial charge in [-0.05, 0) is 55.3 Å². The molecule has 1 atom stereocenters. The zero-order valence-corrected chi connectivity index (χ0v) is 18.5. The Morgan fingerprint density at radius 3 is 2.46 bits per heavy atom. The van der Waals surface area contributed by atoms with Gasteiger partial charge in [0.1, 0.15) is 5.75 Å². The van der Waals surface area contributed by atoms with Gasteiger partial charge in [0, 0.05) is 16.8 Å². The lowest BCUT2D eigenvalue weighted by Gasteiger charge is -2.15. The normalized spacial score (nSPS) is 15.9. The zero-order chi connectivity index (χ0) is 25.0. The topological polar surface area (TPSA) is 91.8 Å². The number of hydrazone groups is 1. The predicted molar refractivity (Wildman–Crippen MR) is 124 cm³/mol. The third-order valence-corrected chi connectivity index (χ3v) is 5.26. The monoisotopic (exact) mass is 482 g/mol. The molecule has 0 aromatic heterocycles. The van der Waals surface area contributed by atoms with Gasteiger partial charge in [-0.1, -0.05) is 42.0 Å². The number of benzene rings is 3. The lowest BCUT2D eigenvalue weighted by atomic mass is 10.1. The molecule has 1 aliphatic rings. The summed E-state index contributed by atoms with van der Waals surface area (Å²) in [6, 6.07) is 18.2. The van der Waals surface area contributed by atoms with Gasteiger partial charge >= 0.3 is 12.4 Å². The van der Waals surface area contributed by atoms with Crippen LogP contribution in [0.25, 0.3) is 0 Å². The van der Waals surface area contributed by atoms with E-state index in [1.807, 2.05) is 37.3 Å². The first kappa shape index (κ1) is 23.8. The van der Waals surface area contributed by atoms with Crippen LogP contribution < -0.4 is 20.8 Å². The van der Waals surface area contributed by atoms with Crippen molar-refractivity contribution >= 4 is 23.3 Å². The maximum absolute atomic E-state index is 12.8. The fourth-order valence-electron chi connectivity index (χ4n) is 3.75. The van der Waals surface area contributed by atoms with Crippen molar-refractivity contribution in [1.29, 1.82) is 0 Å². The molecular weight excluding hydrogens is 461 g/mol. The number of fused-ring (bicyclic) bond motifs is 1. The second-order valence-corrected chi connectivity index (χ2v) is 7.89. The minimum atomic E-state index is -4.80. The molecule has 0 radical (unpaired) electrons. The number of nitrogens with one attached hydrogen (secondary N) is 3. The summed E-state index contributed by atoms with van der Waals surface area (Å²) in [6.07, 6.45) is -4.29. The third kappa shape index (κ3) is 6.17. The summed E-state index contributed by atoms with van der Waals surface area (Å²) in [5.41, 5.74) is 6.38. The molecule has 3 aromatic carbocycles. The number of hydrogen-bond donors (Lipinski definition) is 3. The minimum absolute atomic E-state index is 0.244. The Bertz CT molecular complexity index is 1270. The van der Waals surface area contributed by atoms with E-state index in [0.29, 0.717) is 17.7 Å². The van der Waals surface area contributed by atoms with Crippen molar-refractivity contribution in [3.8, 4) is 5.75 Å². The van der Waals surface area contributed by atoms with Crippen LogP contribution in [-0.2, 0) is 6.42 Å². The van der Waals surface area contributed by atoms with Gasteiger partial charge in [0.15, 0.2) is 0 Å². The molecule has 0 aliphatic heterocycles. The second-order valence-electron chi connectivity index (χ2n) is 7.89. The van der Waals surface area contributed by atoms with Crippen LogP contribution in [0.3, 0.4) is 0 Å². The first-order chi connectivity index (χ1) is 16.7. The van der Waals surface area contributed by atoms with E-state index in [1.165, 1.54) is 12.1 Å². The highest BCUT2D eigenvalue weighted by atomic mass is 19.4. The lowest BCUT2D eigenvalue weighted by molar-refractivity contribution is -0.274. The van der Waals surface area contributed by atoms with Crippen LogP contribution in [0.5, 0.6) is 5.75 Å². The molecule has 0 fully saturated rings. The number of alkyl halides is 3. The highest BCUT2D eigenvalue weighted by molar-refractivity contribution is 6.11. The van der Waals surface area contributed by atoms with E-state index >= 15 is 0 Å². The van der Waals surface area contributed by atoms with Crippen LogP contribution in [0.4, 0.5) is 23.7 Å². The maximum atomic E-state index is 12.8. The summed E-state index contributed by atoms with van der Waals surface area (Å²) < 4.78 is 40.7. The number of rotatable bonds is 5. The van der Waals surface area contributed by atoms with Crippen molar-refractivity contribution < 1.29 is 27.5 Å². The molecule has 0 saturated carbocycles. The quantitative estimate of drug-likeness (QED) is 0.458. The number of carbonyl (C=O) groups excluding carboxylic acids is 2. The maximum Gasteiger partial charge on any atom is 0.573 e. The summed E-state index contributed by atoms with van der Waals surface area (Å²) in [6.45, 7) is 1.90. The summed E-state index contributed by atoms with van der Waals surface area (Å²) in [5.74, 6) is -0.664. The van der Waals surface area contributed by atoms with Crippen LogP contribution in [0.15, 0.2) is 77.9 Å². The number of nitrogens with zero attached hydrogens (tertiary/aromatic N) is 1. The number of amides is 3. The van der Waals surface area contributed by atoms with Crippen LogP contribution in [-0.4, -0.2) is 30.1 Å². The predicted octanol–water partition coefficient (Wildman–Crippen LogP) is 4.77. The van der Waals surface area contributed by atoms with Gasteiger partial charge in [0.2, 0.25) is 0 Å². The number of urea groups is 1. The highest BCUT2D eigenvalue weighted by Crippen LogP contribution is 2.25. The van der Waals surface area contributed by atoms with E-state index < -0.39 is 24.2 Å². The molecule has 3 aromatic rings. The Labute approximate surface area is 199 Å². The first-order valence-corrected chi connectivity index (χ1v) is 10.6. The van der Waals surface area contributed by atoms with Gasteiger partial charge in [-0.25, -0.2) is 10.2 Å². The van der Waals surface area contributed by atoms with Crippen molar-refractivity contribution in [2.24, 2.45) is 5.10 Å². The largest absolute Gasteiger partial charge is 0.573 e. The van der Waals surface area contributed by atoms with Crippen molar-refractivity contribution in [3.63, 3.8) is 0 Å². The van der Waals surface area contributed by atoms with Crippen LogP contribution >= 0.6 is 0 Å². The first-order valence-electron chi connectivity index (χ1n) is 10.6. The molecule has 7 nitrogen and oxygen atoms in total. The number of anilines is 1. The van der Waals surface area contributed by atoms with E-state index in [-0.39, 0.29) is 11.6 Å². The van der Waals surface area contributed by atoms with Crippen LogP contribution in [0, 0.1) is 6.92 Å². The third-order valence-electron chi connectivity index (χ3n) is 5.26. The Morgan fingerprint density at radius 1 is 1.00 bits per heavy atom. The average Bonchev–Trinajstić information content (AvgIpc) is 3.15. The summed E-state index contributed by atoms with van der Waals surface area (Å²) in [4.78, 5) is 25.2. The average molecular weight is 482 g/mol. The Hall–Kier alpha value is -4.34. The van der Waals surface area contributed by atoms with Gasteiger partial charge < -0.3 is 15.4 Å². The number of aryl methyl sites for hydroxylation is 1. The van der Waals surface area contributed by atoms with Gasteiger partial charge in [-0.3, -0.25) is 4.79 Å². The second kappa shape index (κ2) is 9.88. The number of carbonyl (C=O) groups is 2. The molecule has 10 heteroatoms. The molecule has 4 rings (SSSR count). The van der Waals surface area contributed by atoms with Crippen LogP contribution in [0.1, 0.15) is 27.0 Å². The van der Waals surface area contributed by atoms with Crippen molar-refractivity contribution in [1.82, 2.24) is 10.7 Å². The summed E-state index contributed by atoms with van der Waals surface area (Å²) >= 11 is 0. The standard InChI is InChI=1S/C25H21F3N4O3/c1-15-5-4-7-17(13-15)23(33)30-21-14-16-6-2-3-8-20(16)22(21)31-32-24(34)29-18-9-11-19(12-10-18)35-25(26,27)28/h2-13,21H,14H2,1H3,(H,30,33)(H2,29,32,34)/b31-22+. The zero-order valence-electron chi connectivity index (χ0n) is 18.5. The molecule has 0 saturated heterocycles. The molecule has 180 valence electrons. The van der Waals surface area contributed by atoms with E-state index in [0.717, 1.165) is 28.8 Å². The van der Waals surface area contributed by atoms with E-state index in [2.05, 4.69) is 25.9 Å². The number of hydrogen-bond acceptors (Lipinski definition) is 4. The fourth-order valence-corrected chi connectivity index (χ4v) is 3.75. The van der Waals surface area contributed by atoms with Crippen LogP contribution in [0.2, 0.25) is 0 Å². The molecule has 0 heterocycles. The molecule has 3 amide bonds. The van der Waals surface area contributed by atoms with Crippen molar-refractivity contribution in [2.45, 2.75) is 25.7 Å².